The molecular formula is C49H34. The monoisotopic (exact) mass is 622 g/mol. The maximum atomic E-state index is 2.37. The lowest BCUT2D eigenvalue weighted by molar-refractivity contribution is 0.666. The van der Waals surface area contributed by atoms with E-state index in [9.17, 15) is 0 Å². The second kappa shape index (κ2) is 10.5. The van der Waals surface area contributed by atoms with Crippen molar-refractivity contribution in [2.75, 3.05) is 0 Å². The van der Waals surface area contributed by atoms with E-state index >= 15 is 0 Å². The van der Waals surface area contributed by atoms with E-state index in [4.69, 9.17) is 0 Å². The summed E-state index contributed by atoms with van der Waals surface area (Å²) in [6.07, 6.45) is 0. The molecule has 0 amide bonds. The van der Waals surface area contributed by atoms with Crippen molar-refractivity contribution < 1.29 is 0 Å². The Kier molecular flexibility index (Phi) is 6.02. The molecule has 0 radical (unpaired) electrons. The van der Waals surface area contributed by atoms with Crippen LogP contribution in [0.15, 0.2) is 170 Å². The van der Waals surface area contributed by atoms with E-state index in [1.165, 1.54) is 98.7 Å². The third-order valence-corrected chi connectivity index (χ3v) is 11.0. The minimum Gasteiger partial charge on any atom is -0.0619 e. The van der Waals surface area contributed by atoms with Gasteiger partial charge in [-0.05, 0) is 105 Å². The number of benzene rings is 9. The van der Waals surface area contributed by atoms with Crippen LogP contribution in [0, 0.1) is 0 Å². The zero-order valence-electron chi connectivity index (χ0n) is 27.7. The van der Waals surface area contributed by atoms with Crippen LogP contribution in [-0.2, 0) is 5.41 Å². The quantitative estimate of drug-likeness (QED) is 0.172. The molecule has 1 aliphatic rings. The Morgan fingerprint density at radius 3 is 1.57 bits per heavy atom. The van der Waals surface area contributed by atoms with Crippen LogP contribution in [-0.4, -0.2) is 0 Å². The van der Waals surface area contributed by atoms with Crippen molar-refractivity contribution >= 4 is 43.1 Å². The Labute approximate surface area is 286 Å². The van der Waals surface area contributed by atoms with E-state index in [2.05, 4.69) is 184 Å². The van der Waals surface area contributed by atoms with E-state index in [-0.39, 0.29) is 5.41 Å². The number of hydrogen-bond acceptors (Lipinski definition) is 0. The lowest BCUT2D eigenvalue weighted by atomic mass is 9.79. The van der Waals surface area contributed by atoms with Gasteiger partial charge in [-0.3, -0.25) is 0 Å². The maximum Gasteiger partial charge on any atom is 0.0165 e. The molecule has 0 unspecified atom stereocenters. The van der Waals surface area contributed by atoms with Crippen LogP contribution in [0.25, 0.3) is 87.6 Å². The van der Waals surface area contributed by atoms with Crippen LogP contribution in [0.2, 0.25) is 0 Å². The van der Waals surface area contributed by atoms with Gasteiger partial charge in [-0.25, -0.2) is 0 Å². The molecule has 230 valence electrons. The van der Waals surface area contributed by atoms with Gasteiger partial charge in [0, 0.05) is 5.41 Å². The Balaban J connectivity index is 1.14. The van der Waals surface area contributed by atoms with Gasteiger partial charge in [0.1, 0.15) is 0 Å². The van der Waals surface area contributed by atoms with Crippen molar-refractivity contribution in [2.45, 2.75) is 19.3 Å². The minimum absolute atomic E-state index is 0.0466. The molecule has 0 aliphatic heterocycles. The Morgan fingerprint density at radius 1 is 0.327 bits per heavy atom. The normalized spacial score (nSPS) is 13.3. The summed E-state index contributed by atoms with van der Waals surface area (Å²) in [5.74, 6) is 0. The van der Waals surface area contributed by atoms with E-state index in [0.717, 1.165) is 0 Å². The van der Waals surface area contributed by atoms with E-state index in [1.807, 2.05) is 0 Å². The molecule has 0 bridgehead atoms. The first-order valence-electron chi connectivity index (χ1n) is 17.3. The van der Waals surface area contributed by atoms with Gasteiger partial charge in [-0.15, -0.1) is 0 Å². The van der Waals surface area contributed by atoms with E-state index in [1.54, 1.807) is 0 Å². The molecule has 49 heavy (non-hydrogen) atoms. The lowest BCUT2D eigenvalue weighted by Gasteiger charge is -2.23. The van der Waals surface area contributed by atoms with Crippen molar-refractivity contribution in [1.82, 2.24) is 0 Å². The molecular weight excluding hydrogens is 589 g/mol. The Bertz CT molecular complexity index is 2720. The van der Waals surface area contributed by atoms with Gasteiger partial charge in [0.2, 0.25) is 0 Å². The SMILES string of the molecule is CC1(C)c2ccccc2-c2ccc3c(-c4ccc(-c5c6ccccc6c(-c6ccc7ccccc7c6)c6ccccc56)cc4)cccc3c21. The molecule has 0 heterocycles. The summed E-state index contributed by atoms with van der Waals surface area (Å²) in [6, 6.07) is 63.1. The van der Waals surface area contributed by atoms with Gasteiger partial charge in [-0.1, -0.05) is 178 Å². The fraction of sp³-hybridized carbons (Fsp3) is 0.0612. The molecule has 1 aliphatic carbocycles. The van der Waals surface area contributed by atoms with Crippen LogP contribution >= 0.6 is 0 Å². The van der Waals surface area contributed by atoms with Gasteiger partial charge in [0.25, 0.3) is 0 Å². The summed E-state index contributed by atoms with van der Waals surface area (Å²) >= 11 is 0. The smallest absolute Gasteiger partial charge is 0.0165 e. The van der Waals surface area contributed by atoms with Gasteiger partial charge in [0.15, 0.2) is 0 Å². The largest absolute Gasteiger partial charge is 0.0619 e. The Hall–Kier alpha value is -5.98. The third-order valence-electron chi connectivity index (χ3n) is 11.0. The van der Waals surface area contributed by atoms with Crippen LogP contribution < -0.4 is 0 Å². The fourth-order valence-corrected chi connectivity index (χ4v) is 8.82. The van der Waals surface area contributed by atoms with Crippen LogP contribution in [0.3, 0.4) is 0 Å². The van der Waals surface area contributed by atoms with Crippen molar-refractivity contribution in [3.05, 3.63) is 181 Å². The summed E-state index contributed by atoms with van der Waals surface area (Å²) in [4.78, 5) is 0. The average molecular weight is 623 g/mol. The first-order chi connectivity index (χ1) is 24.1. The lowest BCUT2D eigenvalue weighted by Crippen LogP contribution is -2.15. The summed E-state index contributed by atoms with van der Waals surface area (Å²) < 4.78 is 0. The molecule has 9 aromatic carbocycles. The molecule has 0 nitrogen and oxygen atoms in total. The second-order valence-electron chi connectivity index (χ2n) is 14.0. The maximum absolute atomic E-state index is 2.37. The predicted octanol–water partition coefficient (Wildman–Crippen LogP) is 13.6. The van der Waals surface area contributed by atoms with Crippen LogP contribution in [0.5, 0.6) is 0 Å². The molecule has 0 N–H and O–H groups in total. The topological polar surface area (TPSA) is 0 Å². The van der Waals surface area contributed by atoms with E-state index < -0.39 is 0 Å². The Morgan fingerprint density at radius 2 is 0.857 bits per heavy atom. The number of fused-ring (bicyclic) bond motifs is 8. The first kappa shape index (κ1) is 28.1. The van der Waals surface area contributed by atoms with Crippen molar-refractivity contribution in [1.29, 1.82) is 0 Å². The highest BCUT2D eigenvalue weighted by molar-refractivity contribution is 6.21. The highest BCUT2D eigenvalue weighted by Gasteiger charge is 2.36. The van der Waals surface area contributed by atoms with E-state index in [0.29, 0.717) is 0 Å². The van der Waals surface area contributed by atoms with Gasteiger partial charge in [0.05, 0.1) is 0 Å². The molecule has 0 atom stereocenters. The zero-order chi connectivity index (χ0) is 32.7. The number of hydrogen-bond donors (Lipinski definition) is 0. The van der Waals surface area contributed by atoms with Crippen LogP contribution in [0.1, 0.15) is 25.0 Å². The molecule has 0 heteroatoms. The zero-order valence-corrected chi connectivity index (χ0v) is 27.7. The van der Waals surface area contributed by atoms with Gasteiger partial charge < -0.3 is 0 Å². The van der Waals surface area contributed by atoms with Gasteiger partial charge >= 0.3 is 0 Å². The van der Waals surface area contributed by atoms with Crippen LogP contribution in [0.4, 0.5) is 0 Å². The molecule has 0 aromatic heterocycles. The number of rotatable bonds is 3. The molecule has 10 rings (SSSR count). The fourth-order valence-electron chi connectivity index (χ4n) is 8.82. The summed E-state index contributed by atoms with van der Waals surface area (Å²) in [6.45, 7) is 4.75. The third kappa shape index (κ3) is 4.11. The minimum atomic E-state index is -0.0466. The summed E-state index contributed by atoms with van der Waals surface area (Å²) in [5.41, 5.74) is 13.1. The van der Waals surface area contributed by atoms with Gasteiger partial charge in [-0.2, -0.15) is 0 Å². The highest BCUT2D eigenvalue weighted by atomic mass is 14.4. The average Bonchev–Trinajstić information content (AvgIpc) is 3.40. The molecule has 0 saturated heterocycles. The van der Waals surface area contributed by atoms with Crippen molar-refractivity contribution in [2.24, 2.45) is 0 Å². The predicted molar refractivity (Wildman–Crippen MR) is 210 cm³/mol. The molecule has 0 fully saturated rings. The standard InChI is InChI=1S/C49H34/c1-49(2)45-21-10-9-14-38(45)44-29-28-37-36(19-11-20-43(37)48(44)49)32-23-25-33(26-24-32)46-39-15-5-7-17-41(39)47(42-18-8-6-16-40(42)46)35-27-22-31-12-3-4-13-34(31)30-35/h3-30H,1-2H3. The van der Waals surface area contributed by atoms with Crippen molar-refractivity contribution in [3.8, 4) is 44.5 Å². The molecule has 0 spiro atoms. The summed E-state index contributed by atoms with van der Waals surface area (Å²) in [7, 11) is 0. The first-order valence-corrected chi connectivity index (χ1v) is 17.3. The molecule has 9 aromatic rings. The second-order valence-corrected chi connectivity index (χ2v) is 14.0. The molecule has 0 saturated carbocycles. The summed E-state index contributed by atoms with van der Waals surface area (Å²) in [5, 5.41) is 10.3. The van der Waals surface area contributed by atoms with Crippen molar-refractivity contribution in [3.63, 3.8) is 0 Å². The highest BCUT2D eigenvalue weighted by Crippen LogP contribution is 2.52.